The molecule has 0 aromatic carbocycles. The second-order valence-corrected chi connectivity index (χ2v) is 5.74. The molecular weight excluding hydrogens is 266 g/mol. The molecule has 0 aliphatic rings. The molecule has 0 rings (SSSR count). The molecule has 0 aliphatic heterocycles. The quantitative estimate of drug-likeness (QED) is 0.415. The van der Waals surface area contributed by atoms with Crippen molar-refractivity contribution in [3.8, 4) is 0 Å². The molecule has 1 unspecified atom stereocenters. The third-order valence-corrected chi connectivity index (χ3v) is 3.49. The lowest BCUT2D eigenvalue weighted by molar-refractivity contribution is -0.149. The van der Waals surface area contributed by atoms with Crippen LogP contribution in [0.4, 0.5) is 0 Å². The fraction of sp³-hybridized carbons (Fsp3) is 0.882. The predicted octanol–water partition coefficient (Wildman–Crippen LogP) is 3.83. The van der Waals surface area contributed by atoms with Gasteiger partial charge in [0.25, 0.3) is 0 Å². The predicted molar refractivity (Wildman–Crippen MR) is 86.0 cm³/mol. The summed E-state index contributed by atoms with van der Waals surface area (Å²) in [6.45, 7) is 7.20. The Labute approximate surface area is 130 Å². The van der Waals surface area contributed by atoms with E-state index in [-0.39, 0.29) is 24.2 Å². The third kappa shape index (κ3) is 12.4. The van der Waals surface area contributed by atoms with Gasteiger partial charge in [0.2, 0.25) is 5.91 Å². The van der Waals surface area contributed by atoms with Crippen molar-refractivity contribution in [2.75, 3.05) is 13.2 Å². The van der Waals surface area contributed by atoms with Crippen LogP contribution < -0.4 is 5.32 Å². The molecule has 4 heteroatoms. The van der Waals surface area contributed by atoms with Gasteiger partial charge in [-0.1, -0.05) is 59.3 Å². The minimum Gasteiger partial charge on any atom is -0.465 e. The van der Waals surface area contributed by atoms with E-state index in [1.54, 1.807) is 6.92 Å². The normalized spacial score (nSPS) is 12.0. The van der Waals surface area contributed by atoms with Gasteiger partial charge in [-0.05, 0) is 12.8 Å². The number of hydrogen-bond acceptors (Lipinski definition) is 3. The van der Waals surface area contributed by atoms with Gasteiger partial charge in [0.15, 0.2) is 0 Å². The highest BCUT2D eigenvalue weighted by Gasteiger charge is 2.17. The summed E-state index contributed by atoms with van der Waals surface area (Å²) in [5.41, 5.74) is 0. The van der Waals surface area contributed by atoms with Crippen LogP contribution in [0.2, 0.25) is 0 Å². The van der Waals surface area contributed by atoms with E-state index >= 15 is 0 Å². The van der Waals surface area contributed by atoms with Gasteiger partial charge in [0.05, 0.1) is 12.5 Å². The fourth-order valence-electron chi connectivity index (χ4n) is 2.04. The molecule has 0 saturated heterocycles. The van der Waals surface area contributed by atoms with Crippen molar-refractivity contribution in [3.05, 3.63) is 0 Å². The van der Waals surface area contributed by atoms with Crippen molar-refractivity contribution in [2.24, 2.45) is 5.92 Å². The molecule has 0 aliphatic carbocycles. The van der Waals surface area contributed by atoms with E-state index < -0.39 is 0 Å². The van der Waals surface area contributed by atoms with E-state index in [0.717, 1.165) is 25.7 Å². The molecule has 21 heavy (non-hydrogen) atoms. The van der Waals surface area contributed by atoms with Gasteiger partial charge in [-0.15, -0.1) is 0 Å². The second-order valence-electron chi connectivity index (χ2n) is 5.74. The van der Waals surface area contributed by atoms with Crippen molar-refractivity contribution in [1.82, 2.24) is 5.32 Å². The number of amides is 1. The number of unbranched alkanes of at least 4 members (excludes halogenated alkanes) is 6. The van der Waals surface area contributed by atoms with Crippen LogP contribution in [0, 0.1) is 5.92 Å². The minimum atomic E-state index is -0.355. The number of nitrogens with one attached hydrogen (secondary N) is 1. The zero-order valence-electron chi connectivity index (χ0n) is 14.1. The zero-order valence-corrected chi connectivity index (χ0v) is 14.1. The Bertz CT molecular complexity index is 279. The SMILES string of the molecule is CCCCCCCCOC(=O)C(C)CC(=O)NCCCC. The number of carbonyl (C=O) groups is 2. The van der Waals surface area contributed by atoms with E-state index in [2.05, 4.69) is 19.2 Å². The Morgan fingerprint density at radius 3 is 2.24 bits per heavy atom. The van der Waals surface area contributed by atoms with Crippen molar-refractivity contribution < 1.29 is 14.3 Å². The number of esters is 1. The summed E-state index contributed by atoms with van der Waals surface area (Å²) in [4.78, 5) is 23.3. The van der Waals surface area contributed by atoms with E-state index in [0.29, 0.717) is 13.2 Å². The van der Waals surface area contributed by atoms with E-state index in [1.807, 2.05) is 0 Å². The number of hydrogen-bond donors (Lipinski definition) is 1. The lowest BCUT2D eigenvalue weighted by Gasteiger charge is -2.11. The maximum atomic E-state index is 11.7. The first-order chi connectivity index (χ1) is 10.1. The molecule has 0 aromatic rings. The van der Waals surface area contributed by atoms with Crippen LogP contribution in [0.15, 0.2) is 0 Å². The molecule has 0 bridgehead atoms. The minimum absolute atomic E-state index is 0.0625. The lowest BCUT2D eigenvalue weighted by atomic mass is 10.1. The van der Waals surface area contributed by atoms with E-state index in [9.17, 15) is 9.59 Å². The van der Waals surface area contributed by atoms with Crippen molar-refractivity contribution >= 4 is 11.9 Å². The molecule has 1 amide bonds. The summed E-state index contributed by atoms with van der Waals surface area (Å²) in [5.74, 6) is -0.673. The Kier molecular flexibility index (Phi) is 13.2. The van der Waals surface area contributed by atoms with Gasteiger partial charge in [0.1, 0.15) is 0 Å². The molecule has 4 nitrogen and oxygen atoms in total. The Morgan fingerprint density at radius 1 is 0.952 bits per heavy atom. The molecule has 0 aromatic heterocycles. The summed E-state index contributed by atoms with van der Waals surface area (Å²) in [7, 11) is 0. The van der Waals surface area contributed by atoms with Crippen molar-refractivity contribution in [3.63, 3.8) is 0 Å². The molecule has 0 radical (unpaired) electrons. The molecule has 0 spiro atoms. The first-order valence-corrected chi connectivity index (χ1v) is 8.55. The molecule has 0 saturated carbocycles. The Balaban J connectivity index is 3.58. The van der Waals surface area contributed by atoms with Crippen LogP contribution in [0.3, 0.4) is 0 Å². The van der Waals surface area contributed by atoms with E-state index in [1.165, 1.54) is 25.7 Å². The molecule has 1 N–H and O–H groups in total. The zero-order chi connectivity index (χ0) is 15.9. The Hall–Kier alpha value is -1.06. The highest BCUT2D eigenvalue weighted by Crippen LogP contribution is 2.08. The first-order valence-electron chi connectivity index (χ1n) is 8.55. The lowest BCUT2D eigenvalue weighted by Crippen LogP contribution is -2.28. The van der Waals surface area contributed by atoms with Gasteiger partial charge in [-0.2, -0.15) is 0 Å². The molecule has 1 atom stereocenters. The van der Waals surface area contributed by atoms with Crippen LogP contribution >= 0.6 is 0 Å². The van der Waals surface area contributed by atoms with Crippen LogP contribution in [-0.4, -0.2) is 25.0 Å². The standard InChI is InChI=1S/C17H33NO3/c1-4-6-8-9-10-11-13-21-17(20)15(3)14-16(19)18-12-7-5-2/h15H,4-14H2,1-3H3,(H,18,19). The average Bonchev–Trinajstić information content (AvgIpc) is 2.46. The summed E-state index contributed by atoms with van der Waals surface area (Å²) >= 11 is 0. The summed E-state index contributed by atoms with van der Waals surface area (Å²) in [6.07, 6.45) is 9.28. The molecule has 0 fully saturated rings. The molecular formula is C17H33NO3. The van der Waals surface area contributed by atoms with Gasteiger partial charge < -0.3 is 10.1 Å². The molecule has 0 heterocycles. The highest BCUT2D eigenvalue weighted by molar-refractivity contribution is 5.82. The monoisotopic (exact) mass is 299 g/mol. The number of rotatable bonds is 13. The smallest absolute Gasteiger partial charge is 0.309 e. The van der Waals surface area contributed by atoms with Crippen LogP contribution in [0.1, 0.15) is 78.6 Å². The largest absolute Gasteiger partial charge is 0.465 e. The van der Waals surface area contributed by atoms with Gasteiger partial charge in [-0.3, -0.25) is 9.59 Å². The number of carbonyl (C=O) groups excluding carboxylic acids is 2. The maximum absolute atomic E-state index is 11.7. The average molecular weight is 299 g/mol. The van der Waals surface area contributed by atoms with Crippen molar-refractivity contribution in [2.45, 2.75) is 78.6 Å². The van der Waals surface area contributed by atoms with Gasteiger partial charge >= 0.3 is 5.97 Å². The van der Waals surface area contributed by atoms with Gasteiger partial charge in [0, 0.05) is 13.0 Å². The highest BCUT2D eigenvalue weighted by atomic mass is 16.5. The molecule has 124 valence electrons. The second kappa shape index (κ2) is 13.9. The Morgan fingerprint density at radius 2 is 1.57 bits per heavy atom. The third-order valence-electron chi connectivity index (χ3n) is 3.49. The van der Waals surface area contributed by atoms with Crippen molar-refractivity contribution in [1.29, 1.82) is 0 Å². The maximum Gasteiger partial charge on any atom is 0.309 e. The summed E-state index contributed by atoms with van der Waals surface area (Å²) in [6, 6.07) is 0. The van der Waals surface area contributed by atoms with E-state index in [4.69, 9.17) is 4.74 Å². The topological polar surface area (TPSA) is 55.4 Å². The van der Waals surface area contributed by atoms with Crippen LogP contribution in [0.25, 0.3) is 0 Å². The summed E-state index contributed by atoms with van der Waals surface area (Å²) in [5, 5.41) is 2.82. The van der Waals surface area contributed by atoms with Gasteiger partial charge in [-0.25, -0.2) is 0 Å². The fourth-order valence-corrected chi connectivity index (χ4v) is 2.04. The van der Waals surface area contributed by atoms with Crippen LogP contribution in [0.5, 0.6) is 0 Å². The number of ether oxygens (including phenoxy) is 1. The first kappa shape index (κ1) is 19.9. The summed E-state index contributed by atoms with van der Waals surface area (Å²) < 4.78 is 5.22. The van der Waals surface area contributed by atoms with Crippen LogP contribution in [-0.2, 0) is 14.3 Å².